The maximum absolute atomic E-state index is 6.25. The minimum atomic E-state index is 0.116. The van der Waals surface area contributed by atoms with E-state index < -0.39 is 0 Å². The highest BCUT2D eigenvalue weighted by Gasteiger charge is 2.20. The SMILES string of the molecule is Clc1c(Cl)c(Cl)c(OCCN(Cc2ccccc2)Cc2ccccc2)c(Cl)c1Cl. The molecule has 0 fully saturated rings. The Morgan fingerprint density at radius 3 is 1.45 bits per heavy atom. The lowest BCUT2D eigenvalue weighted by Gasteiger charge is -2.23. The second kappa shape index (κ2) is 10.8. The molecule has 0 radical (unpaired) electrons. The first-order chi connectivity index (χ1) is 14.0. The van der Waals surface area contributed by atoms with Gasteiger partial charge in [0.25, 0.3) is 0 Å². The van der Waals surface area contributed by atoms with Crippen LogP contribution in [0.1, 0.15) is 11.1 Å². The molecule has 0 atom stereocenters. The number of nitrogens with zero attached hydrogens (tertiary/aromatic N) is 1. The van der Waals surface area contributed by atoms with Crippen molar-refractivity contribution in [1.82, 2.24) is 4.90 Å². The third-order valence-corrected chi connectivity index (χ3v) is 6.56. The second-order valence-electron chi connectivity index (χ2n) is 6.43. The van der Waals surface area contributed by atoms with Gasteiger partial charge in [-0.1, -0.05) is 119 Å². The Hall–Kier alpha value is -1.13. The summed E-state index contributed by atoms with van der Waals surface area (Å²) in [5, 5.41) is 0.684. The van der Waals surface area contributed by atoms with Crippen LogP contribution in [0.25, 0.3) is 0 Å². The summed E-state index contributed by atoms with van der Waals surface area (Å²) < 4.78 is 5.86. The predicted octanol–water partition coefficient (Wildman–Crippen LogP) is 8.03. The van der Waals surface area contributed by atoms with E-state index in [1.54, 1.807) is 0 Å². The Morgan fingerprint density at radius 2 is 1.00 bits per heavy atom. The van der Waals surface area contributed by atoms with E-state index in [0.29, 0.717) is 13.2 Å². The summed E-state index contributed by atoms with van der Waals surface area (Å²) in [5.74, 6) is 0.243. The molecule has 0 aliphatic rings. The molecule has 0 aromatic heterocycles. The van der Waals surface area contributed by atoms with Gasteiger partial charge in [-0.2, -0.15) is 0 Å². The lowest BCUT2D eigenvalue weighted by Crippen LogP contribution is -2.28. The van der Waals surface area contributed by atoms with Gasteiger partial charge in [0.2, 0.25) is 0 Å². The van der Waals surface area contributed by atoms with Crippen molar-refractivity contribution in [2.45, 2.75) is 13.1 Å². The Morgan fingerprint density at radius 1 is 0.586 bits per heavy atom. The highest BCUT2D eigenvalue weighted by atomic mass is 35.5. The quantitative estimate of drug-likeness (QED) is 0.235. The van der Waals surface area contributed by atoms with E-state index in [2.05, 4.69) is 29.2 Å². The molecule has 7 heteroatoms. The smallest absolute Gasteiger partial charge is 0.159 e. The fraction of sp³-hybridized carbons (Fsp3) is 0.182. The molecule has 0 bridgehead atoms. The van der Waals surface area contributed by atoms with Crippen molar-refractivity contribution in [3.05, 3.63) is 96.9 Å². The van der Waals surface area contributed by atoms with Gasteiger partial charge >= 0.3 is 0 Å². The number of hydrogen-bond donors (Lipinski definition) is 0. The number of rotatable bonds is 8. The molecule has 3 aromatic rings. The zero-order valence-corrected chi connectivity index (χ0v) is 19.1. The first-order valence-corrected chi connectivity index (χ1v) is 10.8. The summed E-state index contributed by atoms with van der Waals surface area (Å²) in [5.41, 5.74) is 2.44. The van der Waals surface area contributed by atoms with Gasteiger partial charge in [0, 0.05) is 19.6 Å². The summed E-state index contributed by atoms with van der Waals surface area (Å²) in [7, 11) is 0. The van der Waals surface area contributed by atoms with E-state index in [1.165, 1.54) is 11.1 Å². The summed E-state index contributed by atoms with van der Waals surface area (Å²) in [6.07, 6.45) is 0. The standard InChI is InChI=1S/C22H18Cl5NO/c23-17-18(24)20(26)22(21(27)19(17)25)29-12-11-28(13-15-7-3-1-4-8-15)14-16-9-5-2-6-10-16/h1-10H,11-14H2. The van der Waals surface area contributed by atoms with Gasteiger partial charge in [0.05, 0.1) is 15.1 Å². The highest BCUT2D eigenvalue weighted by molar-refractivity contribution is 6.55. The van der Waals surface area contributed by atoms with Crippen LogP contribution >= 0.6 is 58.0 Å². The molecule has 0 amide bonds. The molecule has 0 aliphatic heterocycles. The number of ether oxygens (including phenoxy) is 1. The lowest BCUT2D eigenvalue weighted by atomic mass is 10.1. The first-order valence-electron chi connectivity index (χ1n) is 8.91. The number of benzene rings is 3. The van der Waals surface area contributed by atoms with Crippen LogP contribution in [0.15, 0.2) is 60.7 Å². The molecule has 152 valence electrons. The van der Waals surface area contributed by atoms with Crippen LogP contribution in [0.3, 0.4) is 0 Å². The average Bonchev–Trinajstić information content (AvgIpc) is 2.74. The molecule has 3 rings (SSSR count). The Labute approximate surface area is 195 Å². The van der Waals surface area contributed by atoms with Crippen LogP contribution in [0.4, 0.5) is 0 Å². The molecular weight excluding hydrogens is 472 g/mol. The van der Waals surface area contributed by atoms with Crippen LogP contribution in [-0.2, 0) is 13.1 Å². The second-order valence-corrected chi connectivity index (χ2v) is 8.32. The highest BCUT2D eigenvalue weighted by Crippen LogP contribution is 2.48. The van der Waals surface area contributed by atoms with Gasteiger partial charge < -0.3 is 4.74 Å². The summed E-state index contributed by atoms with van der Waals surface area (Å²) in [4.78, 5) is 2.28. The van der Waals surface area contributed by atoms with Crippen LogP contribution in [0.5, 0.6) is 5.75 Å². The summed E-state index contributed by atoms with van der Waals surface area (Å²) >= 11 is 30.8. The Bertz CT molecular complexity index is 880. The Balaban J connectivity index is 1.72. The van der Waals surface area contributed by atoms with Gasteiger partial charge in [-0.3, -0.25) is 4.90 Å². The lowest BCUT2D eigenvalue weighted by molar-refractivity contribution is 0.196. The molecule has 0 heterocycles. The topological polar surface area (TPSA) is 12.5 Å². The van der Waals surface area contributed by atoms with E-state index >= 15 is 0 Å². The zero-order valence-electron chi connectivity index (χ0n) is 15.3. The van der Waals surface area contributed by atoms with Crippen LogP contribution in [0.2, 0.25) is 25.1 Å². The van der Waals surface area contributed by atoms with Gasteiger partial charge in [-0.05, 0) is 11.1 Å². The van der Waals surface area contributed by atoms with Crippen molar-refractivity contribution >= 4 is 58.0 Å². The minimum Gasteiger partial charge on any atom is -0.489 e. The maximum Gasteiger partial charge on any atom is 0.159 e. The van der Waals surface area contributed by atoms with Crippen molar-refractivity contribution in [3.8, 4) is 5.75 Å². The first kappa shape index (κ1) is 22.6. The van der Waals surface area contributed by atoms with Gasteiger partial charge in [0.1, 0.15) is 16.7 Å². The van der Waals surface area contributed by atoms with Crippen LogP contribution in [0, 0.1) is 0 Å². The molecule has 0 unspecified atom stereocenters. The van der Waals surface area contributed by atoms with Crippen LogP contribution < -0.4 is 4.74 Å². The zero-order chi connectivity index (χ0) is 20.8. The van der Waals surface area contributed by atoms with Crippen molar-refractivity contribution in [3.63, 3.8) is 0 Å². The van der Waals surface area contributed by atoms with Crippen molar-refractivity contribution < 1.29 is 4.74 Å². The van der Waals surface area contributed by atoms with Crippen molar-refractivity contribution in [1.29, 1.82) is 0 Å². The summed E-state index contributed by atoms with van der Waals surface area (Å²) in [6, 6.07) is 20.5. The number of halogens is 5. The Kier molecular flexibility index (Phi) is 8.37. The molecule has 0 N–H and O–H groups in total. The normalized spacial score (nSPS) is 11.1. The third kappa shape index (κ3) is 5.95. The largest absolute Gasteiger partial charge is 0.489 e. The molecule has 0 saturated carbocycles. The molecule has 0 aliphatic carbocycles. The molecule has 29 heavy (non-hydrogen) atoms. The van der Waals surface area contributed by atoms with Crippen molar-refractivity contribution in [2.24, 2.45) is 0 Å². The van der Waals surface area contributed by atoms with E-state index in [0.717, 1.165) is 13.1 Å². The predicted molar refractivity (Wildman–Crippen MR) is 124 cm³/mol. The molecular formula is C22H18Cl5NO. The van der Waals surface area contributed by atoms with Gasteiger partial charge in [-0.15, -0.1) is 0 Å². The van der Waals surface area contributed by atoms with E-state index in [-0.39, 0.29) is 30.9 Å². The average molecular weight is 490 g/mol. The third-order valence-electron chi connectivity index (χ3n) is 4.32. The van der Waals surface area contributed by atoms with Crippen molar-refractivity contribution in [2.75, 3.05) is 13.2 Å². The van der Waals surface area contributed by atoms with Crippen LogP contribution in [-0.4, -0.2) is 18.1 Å². The summed E-state index contributed by atoms with van der Waals surface area (Å²) in [6.45, 7) is 2.56. The van der Waals surface area contributed by atoms with E-state index in [1.807, 2.05) is 36.4 Å². The fourth-order valence-electron chi connectivity index (χ4n) is 2.89. The molecule has 0 spiro atoms. The molecule has 3 aromatic carbocycles. The van der Waals surface area contributed by atoms with Gasteiger partial charge in [0.15, 0.2) is 5.75 Å². The number of hydrogen-bond acceptors (Lipinski definition) is 2. The molecule has 2 nitrogen and oxygen atoms in total. The van der Waals surface area contributed by atoms with Gasteiger partial charge in [-0.25, -0.2) is 0 Å². The monoisotopic (exact) mass is 487 g/mol. The fourth-order valence-corrected chi connectivity index (χ4v) is 4.12. The van der Waals surface area contributed by atoms with E-state index in [4.69, 9.17) is 62.7 Å². The molecule has 0 saturated heterocycles. The maximum atomic E-state index is 6.25. The van der Waals surface area contributed by atoms with E-state index in [9.17, 15) is 0 Å². The minimum absolute atomic E-state index is 0.116.